The van der Waals surface area contributed by atoms with E-state index in [0.29, 0.717) is 6.42 Å². The van der Waals surface area contributed by atoms with Gasteiger partial charge in [-0.25, -0.2) is 9.78 Å². The first-order valence-corrected chi connectivity index (χ1v) is 6.50. The molecule has 0 aliphatic carbocycles. The lowest BCUT2D eigenvalue weighted by atomic mass is 10.1. The zero-order valence-corrected chi connectivity index (χ0v) is 11.5. The molecule has 106 valence electrons. The van der Waals surface area contributed by atoms with Crippen molar-refractivity contribution in [2.45, 2.75) is 6.42 Å². The Morgan fingerprint density at radius 3 is 2.67 bits per heavy atom. The predicted octanol–water partition coefficient (Wildman–Crippen LogP) is 2.86. The normalized spacial score (nSPS) is 10.7. The number of aromatic nitrogens is 2. The molecule has 21 heavy (non-hydrogen) atoms. The number of imidazole rings is 1. The Kier molecular flexibility index (Phi) is 3.31. The number of hydrogen-bond donors (Lipinski definition) is 2. The van der Waals surface area contributed by atoms with Crippen molar-refractivity contribution in [3.63, 3.8) is 0 Å². The van der Waals surface area contributed by atoms with Gasteiger partial charge in [-0.05, 0) is 29.8 Å². The minimum absolute atomic E-state index is 0.285. The lowest BCUT2D eigenvalue weighted by Crippen LogP contribution is -1.97. The number of ether oxygens (including phenoxy) is 1. The summed E-state index contributed by atoms with van der Waals surface area (Å²) >= 11 is 0. The molecule has 2 aromatic carbocycles. The van der Waals surface area contributed by atoms with E-state index in [9.17, 15) is 4.79 Å². The zero-order chi connectivity index (χ0) is 14.8. The minimum atomic E-state index is -0.919. The number of rotatable bonds is 4. The van der Waals surface area contributed by atoms with Crippen molar-refractivity contribution in [3.05, 3.63) is 59.4 Å². The molecular weight excluding hydrogens is 268 g/mol. The van der Waals surface area contributed by atoms with Crippen molar-refractivity contribution < 1.29 is 14.6 Å². The van der Waals surface area contributed by atoms with Crippen molar-refractivity contribution in [1.29, 1.82) is 0 Å². The number of benzene rings is 2. The van der Waals surface area contributed by atoms with Crippen molar-refractivity contribution >= 4 is 17.0 Å². The van der Waals surface area contributed by atoms with Crippen LogP contribution in [0.2, 0.25) is 0 Å². The van der Waals surface area contributed by atoms with Gasteiger partial charge in [-0.3, -0.25) is 0 Å². The SMILES string of the molecule is COc1ccc2nc(Cc3ccc(C(=O)O)cc3)[nH]c2c1. The van der Waals surface area contributed by atoms with Gasteiger partial charge < -0.3 is 14.8 Å². The van der Waals surface area contributed by atoms with E-state index < -0.39 is 5.97 Å². The number of aromatic carboxylic acids is 1. The number of nitrogens with one attached hydrogen (secondary N) is 1. The topological polar surface area (TPSA) is 75.2 Å². The van der Waals surface area contributed by atoms with E-state index in [1.807, 2.05) is 18.2 Å². The van der Waals surface area contributed by atoms with Crippen LogP contribution >= 0.6 is 0 Å². The van der Waals surface area contributed by atoms with Gasteiger partial charge in [0, 0.05) is 12.5 Å². The first kappa shape index (κ1) is 13.2. The van der Waals surface area contributed by atoms with Crippen molar-refractivity contribution in [2.75, 3.05) is 7.11 Å². The third-order valence-electron chi connectivity index (χ3n) is 3.31. The summed E-state index contributed by atoms with van der Waals surface area (Å²) in [5, 5.41) is 8.88. The zero-order valence-electron chi connectivity index (χ0n) is 11.5. The standard InChI is InChI=1S/C16H14N2O3/c1-21-12-6-7-13-14(9-12)18-15(17-13)8-10-2-4-11(5-3-10)16(19)20/h2-7,9H,8H2,1H3,(H,17,18)(H,19,20). The maximum absolute atomic E-state index is 10.8. The molecule has 1 aromatic heterocycles. The van der Waals surface area contributed by atoms with Crippen LogP contribution in [0.25, 0.3) is 11.0 Å². The number of carbonyl (C=O) groups is 1. The molecule has 0 saturated carbocycles. The Labute approximate surface area is 121 Å². The second-order valence-electron chi connectivity index (χ2n) is 4.75. The molecule has 3 aromatic rings. The van der Waals surface area contributed by atoms with Crippen LogP contribution in [0.4, 0.5) is 0 Å². The molecule has 0 saturated heterocycles. The summed E-state index contributed by atoms with van der Waals surface area (Å²) in [5.41, 5.74) is 3.10. The number of hydrogen-bond acceptors (Lipinski definition) is 3. The number of carboxylic acid groups (broad SMARTS) is 1. The van der Waals surface area contributed by atoms with Crippen LogP contribution in [-0.4, -0.2) is 28.2 Å². The molecule has 0 radical (unpaired) electrons. The number of methoxy groups -OCH3 is 1. The number of carboxylic acids is 1. The molecule has 0 unspecified atom stereocenters. The van der Waals surface area contributed by atoms with Gasteiger partial charge >= 0.3 is 5.97 Å². The number of fused-ring (bicyclic) bond motifs is 1. The minimum Gasteiger partial charge on any atom is -0.497 e. The number of aromatic amines is 1. The molecular formula is C16H14N2O3. The Morgan fingerprint density at radius 2 is 2.00 bits per heavy atom. The van der Waals surface area contributed by atoms with Crippen molar-refractivity contribution in [2.24, 2.45) is 0 Å². The smallest absolute Gasteiger partial charge is 0.335 e. The summed E-state index contributed by atoms with van der Waals surface area (Å²) in [6.45, 7) is 0. The first-order chi connectivity index (χ1) is 10.2. The molecule has 0 atom stereocenters. The van der Waals surface area contributed by atoms with Gasteiger partial charge in [-0.2, -0.15) is 0 Å². The summed E-state index contributed by atoms with van der Waals surface area (Å²) in [4.78, 5) is 18.6. The molecule has 0 amide bonds. The fourth-order valence-corrected chi connectivity index (χ4v) is 2.21. The van der Waals surface area contributed by atoms with Gasteiger partial charge in [0.25, 0.3) is 0 Å². The van der Waals surface area contributed by atoms with Gasteiger partial charge in [-0.15, -0.1) is 0 Å². The second-order valence-corrected chi connectivity index (χ2v) is 4.75. The Morgan fingerprint density at radius 1 is 1.24 bits per heavy atom. The van der Waals surface area contributed by atoms with Crippen LogP contribution in [0, 0.1) is 0 Å². The fourth-order valence-electron chi connectivity index (χ4n) is 2.21. The van der Waals surface area contributed by atoms with Crippen LogP contribution in [0.1, 0.15) is 21.7 Å². The molecule has 0 aliphatic rings. The molecule has 0 bridgehead atoms. The summed E-state index contributed by atoms with van der Waals surface area (Å²) in [5.74, 6) is 0.697. The molecule has 1 heterocycles. The number of H-pyrrole nitrogens is 1. The van der Waals surface area contributed by atoms with Crippen LogP contribution in [0.3, 0.4) is 0 Å². The van der Waals surface area contributed by atoms with Crippen LogP contribution < -0.4 is 4.74 Å². The molecule has 0 aliphatic heterocycles. The molecule has 2 N–H and O–H groups in total. The van der Waals surface area contributed by atoms with E-state index >= 15 is 0 Å². The monoisotopic (exact) mass is 282 g/mol. The summed E-state index contributed by atoms with van der Waals surface area (Å²) in [7, 11) is 1.63. The first-order valence-electron chi connectivity index (χ1n) is 6.50. The van der Waals surface area contributed by atoms with Crippen molar-refractivity contribution in [1.82, 2.24) is 9.97 Å². The van der Waals surface area contributed by atoms with E-state index in [1.54, 1.807) is 31.4 Å². The Bertz CT molecular complexity index is 791. The lowest BCUT2D eigenvalue weighted by molar-refractivity contribution is 0.0697. The summed E-state index contributed by atoms with van der Waals surface area (Å²) in [6, 6.07) is 12.5. The van der Waals surface area contributed by atoms with Gasteiger partial charge in [0.05, 0.1) is 23.7 Å². The average molecular weight is 282 g/mol. The summed E-state index contributed by atoms with van der Waals surface area (Å²) < 4.78 is 5.18. The lowest BCUT2D eigenvalue weighted by Gasteiger charge is -1.99. The van der Waals surface area contributed by atoms with Gasteiger partial charge in [0.2, 0.25) is 0 Å². The molecule has 0 spiro atoms. The molecule has 0 fully saturated rings. The van der Waals surface area contributed by atoms with Gasteiger partial charge in [0.15, 0.2) is 0 Å². The van der Waals surface area contributed by atoms with Crippen LogP contribution in [0.5, 0.6) is 5.75 Å². The highest BCUT2D eigenvalue weighted by atomic mass is 16.5. The van der Waals surface area contributed by atoms with Gasteiger partial charge in [0.1, 0.15) is 11.6 Å². The van der Waals surface area contributed by atoms with Crippen LogP contribution in [-0.2, 0) is 6.42 Å². The molecule has 5 heteroatoms. The summed E-state index contributed by atoms with van der Waals surface area (Å²) in [6.07, 6.45) is 0.622. The van der Waals surface area contributed by atoms with Crippen LogP contribution in [0.15, 0.2) is 42.5 Å². The Hall–Kier alpha value is -2.82. The van der Waals surface area contributed by atoms with Gasteiger partial charge in [-0.1, -0.05) is 12.1 Å². The maximum atomic E-state index is 10.8. The Balaban J connectivity index is 1.85. The fraction of sp³-hybridized carbons (Fsp3) is 0.125. The van der Waals surface area contributed by atoms with E-state index in [4.69, 9.17) is 9.84 Å². The highest BCUT2D eigenvalue weighted by Crippen LogP contribution is 2.19. The average Bonchev–Trinajstić information content (AvgIpc) is 2.88. The molecule has 5 nitrogen and oxygen atoms in total. The molecule has 3 rings (SSSR count). The second kappa shape index (κ2) is 5.28. The number of nitrogens with zero attached hydrogens (tertiary/aromatic N) is 1. The van der Waals surface area contributed by atoms with Crippen molar-refractivity contribution in [3.8, 4) is 5.75 Å². The third-order valence-corrected chi connectivity index (χ3v) is 3.31. The maximum Gasteiger partial charge on any atom is 0.335 e. The quantitative estimate of drug-likeness (QED) is 0.771. The van der Waals surface area contributed by atoms with E-state index in [2.05, 4.69) is 9.97 Å². The highest BCUT2D eigenvalue weighted by Gasteiger charge is 2.06. The highest BCUT2D eigenvalue weighted by molar-refractivity contribution is 5.87. The van der Waals surface area contributed by atoms with E-state index in [-0.39, 0.29) is 5.56 Å². The van der Waals surface area contributed by atoms with E-state index in [1.165, 1.54) is 0 Å². The van der Waals surface area contributed by atoms with E-state index in [0.717, 1.165) is 28.2 Å². The largest absolute Gasteiger partial charge is 0.497 e. The predicted molar refractivity (Wildman–Crippen MR) is 78.9 cm³/mol. The third kappa shape index (κ3) is 2.72.